The Bertz CT molecular complexity index is 554. The lowest BCUT2D eigenvalue weighted by Crippen LogP contribution is -2.54. The van der Waals surface area contributed by atoms with Crippen LogP contribution in [-0.2, 0) is 4.79 Å². The highest BCUT2D eigenvalue weighted by atomic mass is 32.2. The van der Waals surface area contributed by atoms with E-state index >= 15 is 0 Å². The summed E-state index contributed by atoms with van der Waals surface area (Å²) in [7, 11) is 2.97. The molecule has 0 bridgehead atoms. The number of ether oxygens (including phenoxy) is 2. The largest absolute Gasteiger partial charge is 0.497 e. The highest BCUT2D eigenvalue weighted by Crippen LogP contribution is 2.30. The van der Waals surface area contributed by atoms with Crippen LogP contribution in [0.3, 0.4) is 0 Å². The number of carbonyl (C=O) groups is 2. The van der Waals surface area contributed by atoms with Gasteiger partial charge in [-0.25, -0.2) is 4.79 Å². The van der Waals surface area contributed by atoms with Gasteiger partial charge in [-0.15, -0.1) is 0 Å². The number of carbonyl (C=O) groups excluding carboxylic acids is 1. The molecule has 1 aromatic rings. The molecule has 0 aliphatic carbocycles. The molecular formula is C14H17NO5S. The Kier molecular flexibility index (Phi) is 4.62. The number of amides is 1. The molecule has 1 heterocycles. The predicted octanol–water partition coefficient (Wildman–Crippen LogP) is 1.39. The maximum Gasteiger partial charge on any atom is 0.330 e. The van der Waals surface area contributed by atoms with Crippen LogP contribution in [0.2, 0.25) is 0 Å². The molecule has 1 aromatic carbocycles. The number of benzene rings is 1. The Morgan fingerprint density at radius 3 is 2.62 bits per heavy atom. The van der Waals surface area contributed by atoms with Gasteiger partial charge in [-0.2, -0.15) is 11.8 Å². The van der Waals surface area contributed by atoms with E-state index in [0.717, 1.165) is 0 Å². The molecule has 0 saturated carbocycles. The Morgan fingerprint density at radius 2 is 2.10 bits per heavy atom. The van der Waals surface area contributed by atoms with Crippen LogP contribution in [-0.4, -0.2) is 48.2 Å². The molecule has 0 radical (unpaired) electrons. The van der Waals surface area contributed by atoms with E-state index in [1.54, 1.807) is 18.2 Å². The van der Waals surface area contributed by atoms with Crippen molar-refractivity contribution in [1.29, 1.82) is 0 Å². The van der Waals surface area contributed by atoms with Crippen molar-refractivity contribution >= 4 is 23.6 Å². The van der Waals surface area contributed by atoms with Gasteiger partial charge in [0.2, 0.25) is 0 Å². The molecule has 1 aliphatic heterocycles. The first-order chi connectivity index (χ1) is 10.0. The molecule has 0 aromatic heterocycles. The van der Waals surface area contributed by atoms with Crippen LogP contribution in [0.1, 0.15) is 16.8 Å². The van der Waals surface area contributed by atoms with E-state index in [9.17, 15) is 14.7 Å². The van der Waals surface area contributed by atoms with E-state index in [1.165, 1.54) is 26.0 Å². The minimum Gasteiger partial charge on any atom is -0.497 e. The maximum absolute atomic E-state index is 12.4. The second-order valence-corrected chi connectivity index (χ2v) is 5.82. The number of hydrogen-bond donors (Lipinski definition) is 2. The van der Waals surface area contributed by atoms with Crippen molar-refractivity contribution in [2.75, 3.05) is 25.7 Å². The van der Waals surface area contributed by atoms with Crippen LogP contribution in [0, 0.1) is 0 Å². The van der Waals surface area contributed by atoms with Crippen molar-refractivity contribution in [3.63, 3.8) is 0 Å². The van der Waals surface area contributed by atoms with Gasteiger partial charge in [-0.1, -0.05) is 0 Å². The molecule has 0 spiro atoms. The second kappa shape index (κ2) is 6.26. The van der Waals surface area contributed by atoms with Crippen LogP contribution >= 0.6 is 11.8 Å². The van der Waals surface area contributed by atoms with Gasteiger partial charge in [0.05, 0.1) is 19.8 Å². The van der Waals surface area contributed by atoms with Crippen molar-refractivity contribution in [3.8, 4) is 11.5 Å². The van der Waals surface area contributed by atoms with Gasteiger partial charge in [0.25, 0.3) is 5.91 Å². The molecule has 1 amide bonds. The molecule has 2 N–H and O–H groups in total. The summed E-state index contributed by atoms with van der Waals surface area (Å²) in [4.78, 5) is 23.9. The summed E-state index contributed by atoms with van der Waals surface area (Å²) in [6.45, 7) is 0. The summed E-state index contributed by atoms with van der Waals surface area (Å²) in [5.74, 6) is 0.525. The number of aliphatic carboxylic acids is 1. The molecular weight excluding hydrogens is 294 g/mol. The van der Waals surface area contributed by atoms with E-state index < -0.39 is 17.4 Å². The van der Waals surface area contributed by atoms with Gasteiger partial charge in [-0.05, 0) is 24.3 Å². The lowest BCUT2D eigenvalue weighted by Gasteiger charge is -2.25. The van der Waals surface area contributed by atoms with Gasteiger partial charge in [-0.3, -0.25) is 4.79 Å². The quantitative estimate of drug-likeness (QED) is 0.855. The summed E-state index contributed by atoms with van der Waals surface area (Å²) >= 11 is 1.52. The first kappa shape index (κ1) is 15.5. The average molecular weight is 311 g/mol. The lowest BCUT2D eigenvalue weighted by molar-refractivity contribution is -0.143. The summed E-state index contributed by atoms with van der Waals surface area (Å²) in [6, 6.07) is 4.78. The Hall–Kier alpha value is -1.89. The monoisotopic (exact) mass is 311 g/mol. The van der Waals surface area contributed by atoms with Crippen LogP contribution in [0.25, 0.3) is 0 Å². The molecule has 1 unspecified atom stereocenters. The van der Waals surface area contributed by atoms with Crippen LogP contribution in [0.5, 0.6) is 11.5 Å². The van der Waals surface area contributed by atoms with Crippen LogP contribution < -0.4 is 14.8 Å². The van der Waals surface area contributed by atoms with E-state index in [2.05, 4.69) is 5.32 Å². The Labute approximate surface area is 126 Å². The smallest absolute Gasteiger partial charge is 0.330 e. The summed E-state index contributed by atoms with van der Waals surface area (Å²) < 4.78 is 10.2. The van der Waals surface area contributed by atoms with Crippen molar-refractivity contribution < 1.29 is 24.2 Å². The fourth-order valence-corrected chi connectivity index (χ4v) is 3.48. The predicted molar refractivity (Wildman–Crippen MR) is 79.3 cm³/mol. The zero-order valence-corrected chi connectivity index (χ0v) is 12.7. The molecule has 1 atom stereocenters. The second-order valence-electron chi connectivity index (χ2n) is 4.71. The summed E-state index contributed by atoms with van der Waals surface area (Å²) in [5, 5.41) is 12.0. The van der Waals surface area contributed by atoms with Gasteiger partial charge >= 0.3 is 5.97 Å². The SMILES string of the molecule is COc1ccc(C(=O)NC2(C(=O)O)CCSC2)c(OC)c1. The normalized spacial score (nSPS) is 20.9. The van der Waals surface area contributed by atoms with Crippen molar-refractivity contribution in [2.45, 2.75) is 12.0 Å². The molecule has 114 valence electrons. The van der Waals surface area contributed by atoms with Gasteiger partial charge < -0.3 is 19.9 Å². The molecule has 1 fully saturated rings. The fraction of sp³-hybridized carbons (Fsp3) is 0.429. The molecule has 21 heavy (non-hydrogen) atoms. The number of thioether (sulfide) groups is 1. The number of hydrogen-bond acceptors (Lipinski definition) is 5. The third kappa shape index (κ3) is 3.07. The van der Waals surface area contributed by atoms with E-state index in [1.807, 2.05) is 0 Å². The molecule has 1 aliphatic rings. The number of methoxy groups -OCH3 is 2. The van der Waals surface area contributed by atoms with Crippen molar-refractivity contribution in [1.82, 2.24) is 5.32 Å². The molecule has 2 rings (SSSR count). The first-order valence-electron chi connectivity index (χ1n) is 6.38. The minimum absolute atomic E-state index is 0.288. The van der Waals surface area contributed by atoms with E-state index in [-0.39, 0.29) is 5.56 Å². The van der Waals surface area contributed by atoms with Gasteiger partial charge in [0.1, 0.15) is 17.0 Å². The highest BCUT2D eigenvalue weighted by molar-refractivity contribution is 7.99. The van der Waals surface area contributed by atoms with Crippen molar-refractivity contribution in [2.24, 2.45) is 0 Å². The maximum atomic E-state index is 12.4. The zero-order valence-electron chi connectivity index (χ0n) is 11.8. The zero-order chi connectivity index (χ0) is 15.5. The third-order valence-electron chi connectivity index (χ3n) is 3.44. The number of carboxylic acid groups (broad SMARTS) is 1. The minimum atomic E-state index is -1.20. The van der Waals surface area contributed by atoms with E-state index in [0.29, 0.717) is 29.4 Å². The van der Waals surface area contributed by atoms with Crippen molar-refractivity contribution in [3.05, 3.63) is 23.8 Å². The molecule has 6 nitrogen and oxygen atoms in total. The average Bonchev–Trinajstić information content (AvgIpc) is 2.96. The first-order valence-corrected chi connectivity index (χ1v) is 7.53. The van der Waals surface area contributed by atoms with E-state index in [4.69, 9.17) is 9.47 Å². The number of rotatable bonds is 5. The Morgan fingerprint density at radius 1 is 1.33 bits per heavy atom. The molecule has 7 heteroatoms. The summed E-state index contributed by atoms with van der Waals surface area (Å²) in [5.41, 5.74) is -0.914. The van der Waals surface area contributed by atoms with Gasteiger partial charge in [0, 0.05) is 11.8 Å². The third-order valence-corrected chi connectivity index (χ3v) is 4.63. The number of nitrogens with one attached hydrogen (secondary N) is 1. The topological polar surface area (TPSA) is 84.9 Å². The number of carboxylic acids is 1. The fourth-order valence-electron chi connectivity index (χ4n) is 2.16. The lowest BCUT2D eigenvalue weighted by atomic mass is 9.98. The highest BCUT2D eigenvalue weighted by Gasteiger charge is 2.43. The standard InChI is InChI=1S/C14H17NO5S/c1-19-9-3-4-10(11(7-9)20-2)12(16)15-14(13(17)18)5-6-21-8-14/h3-4,7H,5-6,8H2,1-2H3,(H,15,16)(H,17,18). The van der Waals surface area contributed by atoms with Gasteiger partial charge in [0.15, 0.2) is 0 Å². The summed E-state index contributed by atoms with van der Waals surface area (Å²) in [6.07, 6.45) is 0.414. The van der Waals surface area contributed by atoms with Crippen LogP contribution in [0.4, 0.5) is 0 Å². The molecule has 1 saturated heterocycles. The van der Waals surface area contributed by atoms with Crippen LogP contribution in [0.15, 0.2) is 18.2 Å². The Balaban J connectivity index is 2.26.